The number of sulfonamides is 1. The lowest BCUT2D eigenvalue weighted by molar-refractivity contribution is -0.117. The van der Waals surface area contributed by atoms with Gasteiger partial charge >= 0.3 is 0 Å². The number of likely N-dealkylation sites (tertiary alicyclic amines) is 1. The number of hydrogen-bond acceptors (Lipinski definition) is 5. The Morgan fingerprint density at radius 3 is 2.71 bits per heavy atom. The molecule has 1 fully saturated rings. The molecule has 0 saturated carbocycles. The highest BCUT2D eigenvalue weighted by atomic mass is 32.2. The third-order valence-electron chi connectivity index (χ3n) is 4.39. The van der Waals surface area contributed by atoms with Crippen LogP contribution in [0.25, 0.3) is 0 Å². The van der Waals surface area contributed by atoms with Crippen LogP contribution in [0.15, 0.2) is 29.2 Å². The second kappa shape index (κ2) is 7.18. The van der Waals surface area contributed by atoms with Crippen molar-refractivity contribution in [2.75, 3.05) is 45.6 Å². The van der Waals surface area contributed by atoms with E-state index >= 15 is 0 Å². The van der Waals surface area contributed by atoms with Crippen LogP contribution >= 0.6 is 0 Å². The van der Waals surface area contributed by atoms with Crippen LogP contribution in [0, 0.1) is 5.41 Å². The molecule has 1 atom stereocenters. The van der Waals surface area contributed by atoms with Gasteiger partial charge in [0.1, 0.15) is 0 Å². The molecule has 1 aromatic rings. The van der Waals surface area contributed by atoms with Crippen molar-refractivity contribution in [3.05, 3.63) is 24.3 Å². The number of nitrogens with zero attached hydrogens (tertiary/aromatic N) is 2. The zero-order valence-corrected chi connectivity index (χ0v) is 15.3. The van der Waals surface area contributed by atoms with Gasteiger partial charge in [-0.25, -0.2) is 12.7 Å². The first kappa shape index (κ1) is 18.9. The van der Waals surface area contributed by atoms with E-state index in [9.17, 15) is 13.2 Å². The Bertz CT molecular complexity index is 705. The summed E-state index contributed by atoms with van der Waals surface area (Å²) in [6.07, 6.45) is 0.980. The van der Waals surface area contributed by atoms with Gasteiger partial charge in [-0.15, -0.1) is 0 Å². The zero-order chi connectivity index (χ0) is 18.0. The van der Waals surface area contributed by atoms with Crippen LogP contribution in [0.5, 0.6) is 0 Å². The van der Waals surface area contributed by atoms with Gasteiger partial charge < -0.3 is 11.1 Å². The van der Waals surface area contributed by atoms with Crippen LogP contribution in [0.1, 0.15) is 13.3 Å². The Kier molecular flexibility index (Phi) is 5.64. The lowest BCUT2D eigenvalue weighted by Crippen LogP contribution is -2.35. The maximum absolute atomic E-state index is 12.2. The summed E-state index contributed by atoms with van der Waals surface area (Å²) in [5.74, 6) is -0.157. The van der Waals surface area contributed by atoms with Gasteiger partial charge in [-0.3, -0.25) is 9.69 Å². The molecule has 7 nitrogen and oxygen atoms in total. The number of nitrogens with one attached hydrogen (secondary N) is 1. The van der Waals surface area contributed by atoms with Gasteiger partial charge in [-0.1, -0.05) is 13.0 Å². The molecule has 8 heteroatoms. The zero-order valence-electron chi connectivity index (χ0n) is 14.4. The highest BCUT2D eigenvalue weighted by Gasteiger charge is 2.33. The third-order valence-corrected chi connectivity index (χ3v) is 6.20. The van der Waals surface area contributed by atoms with E-state index in [1.807, 2.05) is 0 Å². The van der Waals surface area contributed by atoms with Crippen molar-refractivity contribution in [3.8, 4) is 0 Å². The Morgan fingerprint density at radius 1 is 1.42 bits per heavy atom. The van der Waals surface area contributed by atoms with Crippen molar-refractivity contribution in [1.82, 2.24) is 9.21 Å². The molecule has 1 aliphatic rings. The SMILES string of the molecule is CN(C)S(=O)(=O)c1cccc(NC(=O)CN2CCC(C)(CN)C2)c1. The van der Waals surface area contributed by atoms with Crippen molar-refractivity contribution in [2.24, 2.45) is 11.1 Å². The van der Waals surface area contributed by atoms with E-state index in [2.05, 4.69) is 17.1 Å². The second-order valence-corrected chi connectivity index (χ2v) is 8.99. The normalized spacial score (nSPS) is 22.0. The van der Waals surface area contributed by atoms with Crippen molar-refractivity contribution < 1.29 is 13.2 Å². The van der Waals surface area contributed by atoms with Crippen molar-refractivity contribution in [3.63, 3.8) is 0 Å². The number of amides is 1. The van der Waals surface area contributed by atoms with Crippen molar-refractivity contribution >= 4 is 21.6 Å². The first-order valence-electron chi connectivity index (χ1n) is 7.91. The topological polar surface area (TPSA) is 95.7 Å². The van der Waals surface area contributed by atoms with Crippen molar-refractivity contribution in [2.45, 2.75) is 18.2 Å². The molecule has 1 amide bonds. The lowest BCUT2D eigenvalue weighted by atomic mass is 9.90. The number of carbonyl (C=O) groups excluding carboxylic acids is 1. The molecule has 0 spiro atoms. The standard InChI is InChI=1S/C16H26N4O3S/c1-16(11-17)7-8-20(12-16)10-15(21)18-13-5-4-6-14(9-13)24(22,23)19(2)3/h4-6,9H,7-8,10-12,17H2,1-3H3,(H,18,21). The molecule has 1 aromatic carbocycles. The fraction of sp³-hybridized carbons (Fsp3) is 0.562. The molecule has 1 heterocycles. The highest BCUT2D eigenvalue weighted by Crippen LogP contribution is 2.28. The van der Waals surface area contributed by atoms with Crippen LogP contribution in [-0.4, -0.2) is 63.8 Å². The van der Waals surface area contributed by atoms with Crippen LogP contribution in [0.3, 0.4) is 0 Å². The molecule has 1 unspecified atom stereocenters. The average Bonchev–Trinajstić information content (AvgIpc) is 2.89. The van der Waals surface area contributed by atoms with Gasteiger partial charge in [-0.05, 0) is 43.1 Å². The first-order chi connectivity index (χ1) is 11.2. The number of benzene rings is 1. The Balaban J connectivity index is 2.00. The van der Waals surface area contributed by atoms with Gasteiger partial charge in [0, 0.05) is 26.3 Å². The monoisotopic (exact) mass is 354 g/mol. The predicted octanol–water partition coefficient (Wildman–Crippen LogP) is 0.546. The molecule has 0 radical (unpaired) electrons. The molecule has 1 saturated heterocycles. The Hall–Kier alpha value is -1.48. The van der Waals surface area contributed by atoms with E-state index < -0.39 is 10.0 Å². The van der Waals surface area contributed by atoms with Gasteiger partial charge in [0.05, 0.1) is 11.4 Å². The Morgan fingerprint density at radius 2 is 2.12 bits per heavy atom. The molecule has 1 aliphatic heterocycles. The predicted molar refractivity (Wildman–Crippen MR) is 94.2 cm³/mol. The molecular weight excluding hydrogens is 328 g/mol. The fourth-order valence-corrected chi connectivity index (χ4v) is 3.72. The number of rotatable bonds is 6. The molecule has 134 valence electrons. The summed E-state index contributed by atoms with van der Waals surface area (Å²) < 4.78 is 25.4. The molecule has 0 bridgehead atoms. The number of hydrogen-bond donors (Lipinski definition) is 2. The maximum Gasteiger partial charge on any atom is 0.242 e. The van der Waals surface area contributed by atoms with Gasteiger partial charge in [0.15, 0.2) is 0 Å². The van der Waals surface area contributed by atoms with E-state index in [1.54, 1.807) is 12.1 Å². The lowest BCUT2D eigenvalue weighted by Gasteiger charge is -2.22. The van der Waals surface area contributed by atoms with Crippen LogP contribution < -0.4 is 11.1 Å². The summed E-state index contributed by atoms with van der Waals surface area (Å²) in [5.41, 5.74) is 6.32. The quantitative estimate of drug-likeness (QED) is 0.778. The molecule has 2 rings (SSSR count). The summed E-state index contributed by atoms with van der Waals surface area (Å²) in [6, 6.07) is 6.28. The van der Waals surface area contributed by atoms with Crippen LogP contribution in [-0.2, 0) is 14.8 Å². The van der Waals surface area contributed by atoms with E-state index in [4.69, 9.17) is 5.73 Å². The molecule has 3 N–H and O–H groups in total. The number of anilines is 1. The van der Waals surface area contributed by atoms with Crippen molar-refractivity contribution in [1.29, 1.82) is 0 Å². The first-order valence-corrected chi connectivity index (χ1v) is 9.35. The fourth-order valence-electron chi connectivity index (χ4n) is 2.78. The number of carbonyl (C=O) groups is 1. The molecule has 0 aromatic heterocycles. The summed E-state index contributed by atoms with van der Waals surface area (Å²) in [7, 11) is -0.569. The molecule has 0 aliphatic carbocycles. The van der Waals surface area contributed by atoms with E-state index in [1.165, 1.54) is 26.2 Å². The Labute approximate surface area is 143 Å². The second-order valence-electron chi connectivity index (χ2n) is 6.84. The smallest absolute Gasteiger partial charge is 0.242 e. The van der Waals surface area contributed by atoms with E-state index in [-0.39, 0.29) is 22.8 Å². The molecule has 24 heavy (non-hydrogen) atoms. The highest BCUT2D eigenvalue weighted by molar-refractivity contribution is 7.89. The van der Waals surface area contributed by atoms with Gasteiger partial charge in [-0.2, -0.15) is 0 Å². The van der Waals surface area contributed by atoms with Crippen LogP contribution in [0.2, 0.25) is 0 Å². The number of nitrogens with two attached hydrogens (primary N) is 1. The largest absolute Gasteiger partial charge is 0.330 e. The van der Waals surface area contributed by atoms with E-state index in [0.717, 1.165) is 23.8 Å². The summed E-state index contributed by atoms with van der Waals surface area (Å²) >= 11 is 0. The minimum Gasteiger partial charge on any atom is -0.330 e. The summed E-state index contributed by atoms with van der Waals surface area (Å²) in [4.78, 5) is 14.4. The third kappa shape index (κ3) is 4.32. The van der Waals surface area contributed by atoms with Gasteiger partial charge in [0.2, 0.25) is 15.9 Å². The molecular formula is C16H26N4O3S. The van der Waals surface area contributed by atoms with Crippen LogP contribution in [0.4, 0.5) is 5.69 Å². The summed E-state index contributed by atoms with van der Waals surface area (Å²) in [6.45, 7) is 4.65. The minimum atomic E-state index is -3.52. The average molecular weight is 354 g/mol. The maximum atomic E-state index is 12.2. The van der Waals surface area contributed by atoms with Gasteiger partial charge in [0.25, 0.3) is 0 Å². The summed E-state index contributed by atoms with van der Waals surface area (Å²) in [5, 5.41) is 2.77. The minimum absolute atomic E-state index is 0.0694. The van der Waals surface area contributed by atoms with E-state index in [0.29, 0.717) is 12.2 Å².